The monoisotopic (exact) mass is 307 g/mol. The van der Waals surface area contributed by atoms with Crippen LogP contribution in [0.5, 0.6) is 5.75 Å². The fourth-order valence-corrected chi connectivity index (χ4v) is 2.82. The molecule has 0 unspecified atom stereocenters. The lowest BCUT2D eigenvalue weighted by atomic mass is 9.98. The van der Waals surface area contributed by atoms with Crippen LogP contribution < -0.4 is 4.74 Å². The maximum absolute atomic E-state index is 12.5. The molecule has 0 spiro atoms. The van der Waals surface area contributed by atoms with Crippen molar-refractivity contribution in [3.05, 3.63) is 77.4 Å². The lowest BCUT2D eigenvalue weighted by Crippen LogP contribution is -2.38. The quantitative estimate of drug-likeness (QED) is 0.786. The first-order chi connectivity index (χ1) is 11.1. The highest BCUT2D eigenvalue weighted by atomic mass is 16.5. The van der Waals surface area contributed by atoms with Gasteiger partial charge in [-0.15, -0.1) is 0 Å². The Bertz CT molecular complexity index is 722. The average Bonchev–Trinajstić information content (AvgIpc) is 2.56. The van der Waals surface area contributed by atoms with E-state index in [4.69, 9.17) is 4.74 Å². The van der Waals surface area contributed by atoms with Crippen LogP contribution in [0.4, 0.5) is 0 Å². The second-order valence-electron chi connectivity index (χ2n) is 6.03. The summed E-state index contributed by atoms with van der Waals surface area (Å²) in [6.45, 7) is 7.74. The molecule has 1 amide bonds. The van der Waals surface area contributed by atoms with E-state index in [-0.39, 0.29) is 5.91 Å². The summed E-state index contributed by atoms with van der Waals surface area (Å²) in [6.07, 6.45) is 0.858. The third-order valence-electron chi connectivity index (χ3n) is 3.95. The summed E-state index contributed by atoms with van der Waals surface area (Å²) in [5.74, 6) is 0.901. The van der Waals surface area contributed by atoms with Crippen molar-refractivity contribution in [3.63, 3.8) is 0 Å². The fraction of sp³-hybridized carbons (Fsp3) is 0.250. The number of hydrogen-bond donors (Lipinski definition) is 0. The van der Waals surface area contributed by atoms with Gasteiger partial charge in [-0.25, -0.2) is 0 Å². The van der Waals surface area contributed by atoms with Crippen LogP contribution in [0, 0.1) is 0 Å². The van der Waals surface area contributed by atoms with Crippen LogP contribution in [0.15, 0.2) is 60.7 Å². The number of amides is 1. The van der Waals surface area contributed by atoms with E-state index in [0.717, 1.165) is 41.0 Å². The molecule has 0 atom stereocenters. The Hall–Kier alpha value is -2.55. The highest BCUT2D eigenvalue weighted by molar-refractivity contribution is 5.97. The second kappa shape index (κ2) is 6.69. The van der Waals surface area contributed by atoms with Gasteiger partial charge in [-0.1, -0.05) is 42.5 Å². The van der Waals surface area contributed by atoms with Gasteiger partial charge in [0, 0.05) is 18.7 Å². The lowest BCUT2D eigenvalue weighted by Gasteiger charge is -2.29. The minimum absolute atomic E-state index is 0.0869. The van der Waals surface area contributed by atoms with E-state index in [0.29, 0.717) is 13.2 Å². The highest BCUT2D eigenvalue weighted by Crippen LogP contribution is 2.24. The highest BCUT2D eigenvalue weighted by Gasteiger charge is 2.24. The van der Waals surface area contributed by atoms with Crippen molar-refractivity contribution >= 4 is 5.91 Å². The molecule has 0 N–H and O–H groups in total. The molecular weight excluding hydrogens is 286 g/mol. The van der Waals surface area contributed by atoms with Gasteiger partial charge in [0.25, 0.3) is 5.91 Å². The minimum atomic E-state index is 0.0869. The van der Waals surface area contributed by atoms with Crippen molar-refractivity contribution in [2.75, 3.05) is 13.1 Å². The van der Waals surface area contributed by atoms with Gasteiger partial charge >= 0.3 is 0 Å². The summed E-state index contributed by atoms with van der Waals surface area (Å²) in [7, 11) is 0. The van der Waals surface area contributed by atoms with E-state index in [1.807, 2.05) is 60.4 Å². The summed E-state index contributed by atoms with van der Waals surface area (Å²) >= 11 is 0. The van der Waals surface area contributed by atoms with Crippen LogP contribution in [0.1, 0.15) is 28.4 Å². The Balaban J connectivity index is 1.71. The van der Waals surface area contributed by atoms with Crippen LogP contribution >= 0.6 is 0 Å². The second-order valence-corrected chi connectivity index (χ2v) is 6.03. The van der Waals surface area contributed by atoms with Crippen LogP contribution in [0.3, 0.4) is 0 Å². The predicted molar refractivity (Wildman–Crippen MR) is 91.6 cm³/mol. The molecule has 0 aliphatic carbocycles. The summed E-state index contributed by atoms with van der Waals surface area (Å²) in [5, 5.41) is 0. The predicted octanol–water partition coefficient (Wildman–Crippen LogP) is 3.84. The van der Waals surface area contributed by atoms with Crippen molar-refractivity contribution in [1.82, 2.24) is 4.90 Å². The number of carbonyl (C=O) groups is 1. The standard InChI is InChI=1S/C20H21NO2/c1-15(2)13-21-11-10-17-12-18(8-9-19(17)20(21)22)23-14-16-6-4-3-5-7-16/h3-9,12H,1,10-11,13-14H2,2H3. The van der Waals surface area contributed by atoms with Gasteiger partial charge in [0.2, 0.25) is 0 Å². The Morgan fingerprint density at radius 3 is 2.74 bits per heavy atom. The number of fused-ring (bicyclic) bond motifs is 1. The van der Waals surface area contributed by atoms with Crippen molar-refractivity contribution < 1.29 is 9.53 Å². The number of nitrogens with zero attached hydrogens (tertiary/aromatic N) is 1. The molecule has 3 nitrogen and oxygen atoms in total. The molecule has 0 fully saturated rings. The summed E-state index contributed by atoms with van der Waals surface area (Å²) in [5.41, 5.74) is 3.99. The molecule has 1 aliphatic rings. The Kier molecular flexibility index (Phi) is 4.47. The SMILES string of the molecule is C=C(C)CN1CCc2cc(OCc3ccccc3)ccc2C1=O. The van der Waals surface area contributed by atoms with E-state index >= 15 is 0 Å². The first kappa shape index (κ1) is 15.3. The smallest absolute Gasteiger partial charge is 0.254 e. The molecule has 0 bridgehead atoms. The van der Waals surface area contributed by atoms with E-state index in [1.165, 1.54) is 0 Å². The van der Waals surface area contributed by atoms with Gasteiger partial charge < -0.3 is 9.64 Å². The first-order valence-electron chi connectivity index (χ1n) is 7.87. The summed E-state index contributed by atoms with van der Waals surface area (Å²) in [4.78, 5) is 14.3. The molecule has 2 aromatic carbocycles. The van der Waals surface area contributed by atoms with Crippen molar-refractivity contribution in [2.24, 2.45) is 0 Å². The first-order valence-corrected chi connectivity index (χ1v) is 7.87. The zero-order valence-corrected chi connectivity index (χ0v) is 13.4. The van der Waals surface area contributed by atoms with Crippen molar-refractivity contribution in [1.29, 1.82) is 0 Å². The molecule has 1 aliphatic heterocycles. The van der Waals surface area contributed by atoms with Gasteiger partial charge in [-0.05, 0) is 42.7 Å². The van der Waals surface area contributed by atoms with Gasteiger partial charge in [0.05, 0.1) is 0 Å². The van der Waals surface area contributed by atoms with Gasteiger partial charge in [-0.2, -0.15) is 0 Å². The molecule has 2 aromatic rings. The average molecular weight is 307 g/mol. The van der Waals surface area contributed by atoms with Crippen LogP contribution in [0.2, 0.25) is 0 Å². The maximum Gasteiger partial charge on any atom is 0.254 e. The molecule has 3 rings (SSSR count). The Morgan fingerprint density at radius 2 is 2.00 bits per heavy atom. The lowest BCUT2D eigenvalue weighted by molar-refractivity contribution is 0.0754. The largest absolute Gasteiger partial charge is 0.489 e. The number of benzene rings is 2. The van der Waals surface area contributed by atoms with E-state index in [2.05, 4.69) is 6.58 Å². The Morgan fingerprint density at radius 1 is 1.22 bits per heavy atom. The van der Waals surface area contributed by atoms with Gasteiger partial charge in [-0.3, -0.25) is 4.79 Å². The minimum Gasteiger partial charge on any atom is -0.489 e. The molecule has 118 valence electrons. The van der Waals surface area contributed by atoms with Crippen molar-refractivity contribution in [3.8, 4) is 5.75 Å². The molecule has 23 heavy (non-hydrogen) atoms. The topological polar surface area (TPSA) is 29.5 Å². The molecule has 0 aromatic heterocycles. The zero-order valence-electron chi connectivity index (χ0n) is 13.4. The van der Waals surface area contributed by atoms with Gasteiger partial charge in [0.15, 0.2) is 0 Å². The molecule has 3 heteroatoms. The summed E-state index contributed by atoms with van der Waals surface area (Å²) < 4.78 is 5.85. The number of ether oxygens (including phenoxy) is 1. The normalized spacial score (nSPS) is 13.6. The zero-order chi connectivity index (χ0) is 16.2. The van der Waals surface area contributed by atoms with Crippen LogP contribution in [-0.2, 0) is 13.0 Å². The number of hydrogen-bond acceptors (Lipinski definition) is 2. The maximum atomic E-state index is 12.5. The van der Waals surface area contributed by atoms with Gasteiger partial charge in [0.1, 0.15) is 12.4 Å². The summed E-state index contributed by atoms with van der Waals surface area (Å²) in [6, 6.07) is 15.8. The van der Waals surface area contributed by atoms with Crippen LogP contribution in [-0.4, -0.2) is 23.9 Å². The molecule has 0 radical (unpaired) electrons. The number of rotatable bonds is 5. The third-order valence-corrected chi connectivity index (χ3v) is 3.95. The van der Waals surface area contributed by atoms with E-state index in [1.54, 1.807) is 0 Å². The Labute approximate surface area is 137 Å². The molecule has 0 saturated heterocycles. The van der Waals surface area contributed by atoms with E-state index < -0.39 is 0 Å². The van der Waals surface area contributed by atoms with Crippen molar-refractivity contribution in [2.45, 2.75) is 20.0 Å². The molecule has 1 heterocycles. The van der Waals surface area contributed by atoms with Crippen LogP contribution in [0.25, 0.3) is 0 Å². The fourth-order valence-electron chi connectivity index (χ4n) is 2.82. The number of carbonyl (C=O) groups excluding carboxylic acids is 1. The molecular formula is C20H21NO2. The molecule has 0 saturated carbocycles. The van der Waals surface area contributed by atoms with E-state index in [9.17, 15) is 4.79 Å². The third kappa shape index (κ3) is 3.62.